The Bertz CT molecular complexity index is 1460. The molecular weight excluding hydrogens is 378 g/mol. The van der Waals surface area contributed by atoms with Gasteiger partial charge < -0.3 is 10.6 Å². The van der Waals surface area contributed by atoms with Crippen molar-refractivity contribution in [3.05, 3.63) is 72.7 Å². The molecule has 2 aromatic carbocycles. The fraction of sp³-hybridized carbons (Fsp3) is 0.0455. The zero-order valence-electron chi connectivity index (χ0n) is 15.7. The second-order valence-electron chi connectivity index (χ2n) is 7.12. The zero-order valence-corrected chi connectivity index (χ0v) is 15.7. The molecule has 30 heavy (non-hydrogen) atoms. The van der Waals surface area contributed by atoms with Crippen molar-refractivity contribution in [2.75, 3.05) is 10.6 Å². The number of carbonyl (C=O) groups excluding carboxylic acids is 1. The lowest BCUT2D eigenvalue weighted by atomic mass is 10.1. The number of hydrogen-bond donors (Lipinski definition) is 2. The minimum atomic E-state index is 0.00714. The Morgan fingerprint density at radius 2 is 2.00 bits per heavy atom. The Morgan fingerprint density at radius 1 is 1.07 bits per heavy atom. The van der Waals surface area contributed by atoms with Gasteiger partial charge in [0.05, 0.1) is 11.9 Å². The van der Waals surface area contributed by atoms with Gasteiger partial charge in [0.25, 0.3) is 0 Å². The normalized spacial score (nSPS) is 12.9. The van der Waals surface area contributed by atoms with E-state index in [1.54, 1.807) is 23.1 Å². The van der Waals surface area contributed by atoms with Crippen molar-refractivity contribution in [2.45, 2.75) is 6.42 Å². The summed E-state index contributed by atoms with van der Waals surface area (Å²) in [5, 5.41) is 11.6. The number of anilines is 3. The Hall–Kier alpha value is -4.33. The van der Waals surface area contributed by atoms with Crippen molar-refractivity contribution in [3.63, 3.8) is 0 Å². The van der Waals surface area contributed by atoms with Gasteiger partial charge in [-0.1, -0.05) is 18.2 Å². The average molecular weight is 393 g/mol. The van der Waals surface area contributed by atoms with Crippen molar-refractivity contribution >= 4 is 39.8 Å². The number of para-hydroxylation sites is 1. The van der Waals surface area contributed by atoms with Crippen LogP contribution in [-0.2, 0) is 11.2 Å². The van der Waals surface area contributed by atoms with Crippen LogP contribution in [0.4, 0.5) is 17.3 Å². The predicted octanol–water partition coefficient (Wildman–Crippen LogP) is 3.58. The molecule has 0 atom stereocenters. The van der Waals surface area contributed by atoms with Gasteiger partial charge in [0.1, 0.15) is 5.69 Å². The third kappa shape index (κ3) is 2.74. The van der Waals surface area contributed by atoms with Gasteiger partial charge in [-0.2, -0.15) is 4.98 Å². The van der Waals surface area contributed by atoms with Gasteiger partial charge >= 0.3 is 0 Å². The highest BCUT2D eigenvalue weighted by Crippen LogP contribution is 2.28. The van der Waals surface area contributed by atoms with E-state index in [0.29, 0.717) is 23.7 Å². The van der Waals surface area contributed by atoms with Crippen LogP contribution in [0.1, 0.15) is 5.56 Å². The van der Waals surface area contributed by atoms with E-state index >= 15 is 0 Å². The molecule has 1 aliphatic heterocycles. The summed E-state index contributed by atoms with van der Waals surface area (Å²) in [6, 6.07) is 15.7. The van der Waals surface area contributed by atoms with Crippen molar-refractivity contribution < 1.29 is 4.79 Å². The molecule has 144 valence electrons. The molecule has 8 heteroatoms. The van der Waals surface area contributed by atoms with Crippen molar-refractivity contribution in [1.82, 2.24) is 24.6 Å². The van der Waals surface area contributed by atoms with Gasteiger partial charge in [-0.15, -0.1) is 5.10 Å². The molecule has 0 saturated heterocycles. The highest BCUT2D eigenvalue weighted by molar-refractivity contribution is 5.99. The summed E-state index contributed by atoms with van der Waals surface area (Å²) in [4.78, 5) is 25.3. The fourth-order valence-corrected chi connectivity index (χ4v) is 3.71. The highest BCUT2D eigenvalue weighted by Gasteiger charge is 2.18. The third-order valence-electron chi connectivity index (χ3n) is 5.10. The highest BCUT2D eigenvalue weighted by atomic mass is 16.1. The quantitative estimate of drug-likeness (QED) is 0.486. The van der Waals surface area contributed by atoms with Crippen LogP contribution in [-0.4, -0.2) is 30.5 Å². The molecule has 0 unspecified atom stereocenters. The summed E-state index contributed by atoms with van der Waals surface area (Å²) in [6.45, 7) is 0. The number of aromatic nitrogens is 5. The van der Waals surface area contributed by atoms with Gasteiger partial charge in [0.2, 0.25) is 11.9 Å². The molecule has 6 rings (SSSR count). The first-order valence-electron chi connectivity index (χ1n) is 9.49. The number of nitrogens with zero attached hydrogens (tertiary/aromatic N) is 5. The topological polar surface area (TPSA) is 97.1 Å². The molecule has 2 N–H and O–H groups in total. The van der Waals surface area contributed by atoms with Crippen LogP contribution in [0.3, 0.4) is 0 Å². The van der Waals surface area contributed by atoms with E-state index in [0.717, 1.165) is 33.4 Å². The summed E-state index contributed by atoms with van der Waals surface area (Å²) in [7, 11) is 0. The number of carbonyl (C=O) groups is 1. The Labute approximate surface area is 170 Å². The van der Waals surface area contributed by atoms with Gasteiger partial charge in [-0.05, 0) is 35.9 Å². The molecular formula is C22H15N7O. The Kier molecular flexibility index (Phi) is 3.51. The number of nitrogens with one attached hydrogen (secondary N) is 2. The second-order valence-corrected chi connectivity index (χ2v) is 7.12. The van der Waals surface area contributed by atoms with E-state index in [-0.39, 0.29) is 5.91 Å². The summed E-state index contributed by atoms with van der Waals surface area (Å²) >= 11 is 0. The first-order valence-corrected chi connectivity index (χ1v) is 9.49. The maximum absolute atomic E-state index is 11.6. The zero-order chi connectivity index (χ0) is 20.1. The molecule has 0 bridgehead atoms. The van der Waals surface area contributed by atoms with Crippen LogP contribution in [0.15, 0.2) is 67.1 Å². The van der Waals surface area contributed by atoms with Crippen molar-refractivity contribution in [1.29, 1.82) is 0 Å². The van der Waals surface area contributed by atoms with E-state index in [2.05, 4.69) is 36.8 Å². The van der Waals surface area contributed by atoms with Crippen LogP contribution >= 0.6 is 0 Å². The van der Waals surface area contributed by atoms with Crippen LogP contribution in [0.25, 0.3) is 27.8 Å². The minimum absolute atomic E-state index is 0.00714. The predicted molar refractivity (Wildman–Crippen MR) is 114 cm³/mol. The van der Waals surface area contributed by atoms with Gasteiger partial charge in [0.15, 0.2) is 5.65 Å². The van der Waals surface area contributed by atoms with Crippen molar-refractivity contribution in [2.24, 2.45) is 0 Å². The third-order valence-corrected chi connectivity index (χ3v) is 5.10. The van der Waals surface area contributed by atoms with Crippen LogP contribution in [0, 0.1) is 0 Å². The number of pyridine rings is 1. The SMILES string of the molecule is O=C1Cc2cc(Nc3nc4c(-c5cnc6ccccc6c5)nccn4n3)ccc2N1. The molecule has 4 heterocycles. The molecule has 1 amide bonds. The lowest BCUT2D eigenvalue weighted by molar-refractivity contribution is -0.115. The van der Waals surface area contributed by atoms with E-state index in [1.807, 2.05) is 42.5 Å². The maximum Gasteiger partial charge on any atom is 0.247 e. The fourth-order valence-electron chi connectivity index (χ4n) is 3.71. The van der Waals surface area contributed by atoms with Gasteiger partial charge in [-0.3, -0.25) is 14.8 Å². The average Bonchev–Trinajstić information content (AvgIpc) is 3.34. The molecule has 8 nitrogen and oxygen atoms in total. The van der Waals surface area contributed by atoms with Gasteiger partial charge in [-0.25, -0.2) is 4.52 Å². The smallest absolute Gasteiger partial charge is 0.247 e. The van der Waals surface area contributed by atoms with Crippen LogP contribution < -0.4 is 10.6 Å². The monoisotopic (exact) mass is 393 g/mol. The Balaban J connectivity index is 1.38. The molecule has 5 aromatic rings. The lowest BCUT2D eigenvalue weighted by Gasteiger charge is -2.04. The maximum atomic E-state index is 11.6. The van der Waals surface area contributed by atoms with E-state index in [1.165, 1.54) is 0 Å². The molecule has 0 spiro atoms. The first kappa shape index (κ1) is 16.6. The summed E-state index contributed by atoms with van der Waals surface area (Å²) in [5.74, 6) is 0.461. The molecule has 0 aliphatic carbocycles. The second kappa shape index (κ2) is 6.35. The standard InChI is InChI=1S/C22H15N7O/c30-19-11-14-10-16(5-6-18(14)26-19)25-22-27-21-20(23-7-8-29(21)28-22)15-9-13-3-1-2-4-17(13)24-12-15/h1-10,12H,11H2,(H,25,28)(H,26,30). The molecule has 0 fully saturated rings. The minimum Gasteiger partial charge on any atom is -0.326 e. The van der Waals surface area contributed by atoms with Crippen molar-refractivity contribution in [3.8, 4) is 11.3 Å². The van der Waals surface area contributed by atoms with E-state index in [9.17, 15) is 4.79 Å². The van der Waals surface area contributed by atoms with Gasteiger partial charge in [0, 0.05) is 40.9 Å². The Morgan fingerprint density at radius 3 is 2.97 bits per heavy atom. The summed E-state index contributed by atoms with van der Waals surface area (Å²) in [6.07, 6.45) is 5.64. The van der Waals surface area contributed by atoms with E-state index in [4.69, 9.17) is 0 Å². The number of amides is 1. The summed E-state index contributed by atoms with van der Waals surface area (Å²) in [5.41, 5.74) is 5.78. The number of hydrogen-bond acceptors (Lipinski definition) is 6. The molecule has 0 saturated carbocycles. The number of benzene rings is 2. The van der Waals surface area contributed by atoms with Crippen LogP contribution in [0.5, 0.6) is 0 Å². The lowest BCUT2D eigenvalue weighted by Crippen LogP contribution is -2.03. The molecule has 3 aromatic heterocycles. The number of rotatable bonds is 3. The molecule has 0 radical (unpaired) electrons. The molecule has 1 aliphatic rings. The van der Waals surface area contributed by atoms with Crippen LogP contribution in [0.2, 0.25) is 0 Å². The first-order chi connectivity index (χ1) is 14.7. The number of fused-ring (bicyclic) bond motifs is 3. The van der Waals surface area contributed by atoms with E-state index < -0.39 is 0 Å². The largest absolute Gasteiger partial charge is 0.326 e. The summed E-state index contributed by atoms with van der Waals surface area (Å²) < 4.78 is 1.69.